The van der Waals surface area contributed by atoms with Gasteiger partial charge in [0.1, 0.15) is 17.5 Å². The van der Waals surface area contributed by atoms with E-state index in [1.54, 1.807) is 42.5 Å². The van der Waals surface area contributed by atoms with E-state index >= 15 is 0 Å². The quantitative estimate of drug-likeness (QED) is 0.821. The van der Waals surface area contributed by atoms with Crippen LogP contribution in [0.1, 0.15) is 48.2 Å². The lowest BCUT2D eigenvalue weighted by molar-refractivity contribution is -0.127. The zero-order chi connectivity index (χ0) is 21.0. The highest BCUT2D eigenvalue weighted by molar-refractivity contribution is 5.98. The summed E-state index contributed by atoms with van der Waals surface area (Å²) in [6.45, 7) is 0.508. The Balaban J connectivity index is 1.58. The van der Waals surface area contributed by atoms with Gasteiger partial charge in [-0.15, -0.1) is 0 Å². The fraction of sp³-hybridized carbons (Fsp3) is 0.435. The molecule has 1 saturated carbocycles. The van der Waals surface area contributed by atoms with E-state index in [4.69, 9.17) is 9.47 Å². The number of pyridine rings is 1. The third kappa shape index (κ3) is 4.03. The highest BCUT2D eigenvalue weighted by atomic mass is 16.5. The maximum atomic E-state index is 13.6. The molecule has 2 heterocycles. The fourth-order valence-corrected chi connectivity index (χ4v) is 4.36. The molecule has 4 rings (SSSR count). The summed E-state index contributed by atoms with van der Waals surface area (Å²) in [6, 6.07) is 11.9. The fourth-order valence-electron chi connectivity index (χ4n) is 4.36. The topological polar surface area (TPSA) is 80.8 Å². The highest BCUT2D eigenvalue weighted by Crippen LogP contribution is 2.41. The lowest BCUT2D eigenvalue weighted by atomic mass is 9.89. The summed E-state index contributed by atoms with van der Waals surface area (Å²) < 4.78 is 11.5. The molecule has 158 valence electrons. The second-order valence-corrected chi connectivity index (χ2v) is 7.78. The van der Waals surface area contributed by atoms with Gasteiger partial charge < -0.3 is 14.8 Å². The number of benzene rings is 1. The first-order chi connectivity index (χ1) is 14.6. The van der Waals surface area contributed by atoms with Crippen LogP contribution in [-0.2, 0) is 16.1 Å². The van der Waals surface area contributed by atoms with Crippen LogP contribution in [0.25, 0.3) is 0 Å². The van der Waals surface area contributed by atoms with Crippen molar-refractivity contribution < 1.29 is 19.1 Å². The molecular weight excluding hydrogens is 382 g/mol. The van der Waals surface area contributed by atoms with Crippen molar-refractivity contribution in [2.75, 3.05) is 13.7 Å². The number of carbonyl (C=O) groups excluding carboxylic acids is 2. The van der Waals surface area contributed by atoms with Gasteiger partial charge in [-0.25, -0.2) is 0 Å². The zero-order valence-electron chi connectivity index (χ0n) is 17.2. The van der Waals surface area contributed by atoms with Crippen LogP contribution in [0, 0.1) is 0 Å². The van der Waals surface area contributed by atoms with Crippen molar-refractivity contribution in [3.63, 3.8) is 0 Å². The van der Waals surface area contributed by atoms with Gasteiger partial charge in [0, 0.05) is 11.8 Å². The van der Waals surface area contributed by atoms with Crippen LogP contribution < -0.4 is 10.1 Å². The van der Waals surface area contributed by atoms with E-state index in [0.717, 1.165) is 37.8 Å². The molecule has 1 aliphatic heterocycles. The first kappa shape index (κ1) is 20.3. The Morgan fingerprint density at radius 1 is 1.20 bits per heavy atom. The van der Waals surface area contributed by atoms with Gasteiger partial charge >= 0.3 is 0 Å². The third-order valence-corrected chi connectivity index (χ3v) is 5.90. The first-order valence-electron chi connectivity index (χ1n) is 10.4. The Labute approximate surface area is 176 Å². The van der Waals surface area contributed by atoms with Crippen molar-refractivity contribution in [1.82, 2.24) is 15.2 Å². The number of amides is 2. The van der Waals surface area contributed by atoms with E-state index in [-0.39, 0.29) is 18.4 Å². The van der Waals surface area contributed by atoms with Crippen LogP contribution in [-0.4, -0.2) is 47.2 Å². The summed E-state index contributed by atoms with van der Waals surface area (Å²) >= 11 is 0. The monoisotopic (exact) mass is 409 g/mol. The minimum absolute atomic E-state index is 0.198. The second kappa shape index (κ2) is 8.83. The van der Waals surface area contributed by atoms with Gasteiger partial charge in [-0.05, 0) is 56.0 Å². The normalized spacial score (nSPS) is 20.2. The summed E-state index contributed by atoms with van der Waals surface area (Å²) in [5, 5.41) is 2.92. The molecule has 1 saturated heterocycles. The standard InChI is InChI=1S/C23H27N3O4/c1-29-19-10-7-8-17(14-19)22(28)26-20(16-30-23(26)11-4-2-5-12-23)21(27)25-15-18-9-3-6-13-24-18/h3,6-10,13-14,20H,2,4-5,11-12,15-16H2,1H3,(H,25,27)/t20-/m1/s1. The van der Waals surface area contributed by atoms with E-state index < -0.39 is 11.8 Å². The lowest BCUT2D eigenvalue weighted by Gasteiger charge is -2.41. The predicted octanol–water partition coefficient (Wildman–Crippen LogP) is 2.91. The van der Waals surface area contributed by atoms with E-state index in [1.807, 2.05) is 18.2 Å². The first-order valence-corrected chi connectivity index (χ1v) is 10.4. The summed E-state index contributed by atoms with van der Waals surface area (Å²) in [4.78, 5) is 32.6. The Hall–Kier alpha value is -2.93. The molecule has 7 heteroatoms. The summed E-state index contributed by atoms with van der Waals surface area (Å²) in [5.41, 5.74) is 0.543. The van der Waals surface area contributed by atoms with Gasteiger partial charge in [-0.1, -0.05) is 18.6 Å². The van der Waals surface area contributed by atoms with E-state index in [0.29, 0.717) is 17.9 Å². The number of nitrogens with one attached hydrogen (secondary N) is 1. The van der Waals surface area contributed by atoms with Crippen LogP contribution >= 0.6 is 0 Å². The molecule has 1 aromatic heterocycles. The molecule has 2 aliphatic rings. The average molecular weight is 409 g/mol. The van der Waals surface area contributed by atoms with Crippen LogP contribution in [0.15, 0.2) is 48.7 Å². The minimum atomic E-state index is -0.717. The molecule has 1 aliphatic carbocycles. The molecule has 0 bridgehead atoms. The Morgan fingerprint density at radius 2 is 2.03 bits per heavy atom. The maximum absolute atomic E-state index is 13.6. The summed E-state index contributed by atoms with van der Waals surface area (Å²) in [5.74, 6) is 0.181. The highest BCUT2D eigenvalue weighted by Gasteiger charge is 2.52. The number of carbonyl (C=O) groups is 2. The van der Waals surface area contributed by atoms with Gasteiger partial charge in [0.05, 0.1) is 26.0 Å². The van der Waals surface area contributed by atoms with Crippen LogP contribution in [0.3, 0.4) is 0 Å². The number of rotatable bonds is 5. The Kier molecular flexibility index (Phi) is 5.99. The van der Waals surface area contributed by atoms with E-state index in [9.17, 15) is 9.59 Å². The molecule has 1 atom stereocenters. The van der Waals surface area contributed by atoms with Crippen molar-refractivity contribution in [2.45, 2.75) is 50.4 Å². The minimum Gasteiger partial charge on any atom is -0.497 e. The molecule has 1 aromatic carbocycles. The van der Waals surface area contributed by atoms with Gasteiger partial charge in [0.2, 0.25) is 5.91 Å². The predicted molar refractivity (Wildman–Crippen MR) is 111 cm³/mol. The van der Waals surface area contributed by atoms with Crippen molar-refractivity contribution in [2.24, 2.45) is 0 Å². The number of hydrogen-bond donors (Lipinski definition) is 1. The van der Waals surface area contributed by atoms with Crippen molar-refractivity contribution >= 4 is 11.8 Å². The van der Waals surface area contributed by atoms with Gasteiger partial charge in [-0.2, -0.15) is 0 Å². The van der Waals surface area contributed by atoms with Crippen molar-refractivity contribution in [3.8, 4) is 5.75 Å². The lowest BCUT2D eigenvalue weighted by Crippen LogP contribution is -2.56. The Morgan fingerprint density at radius 3 is 2.77 bits per heavy atom. The van der Waals surface area contributed by atoms with Crippen molar-refractivity contribution in [3.05, 3.63) is 59.9 Å². The molecule has 1 spiro atoms. The van der Waals surface area contributed by atoms with Gasteiger partial charge in [-0.3, -0.25) is 19.5 Å². The smallest absolute Gasteiger partial charge is 0.257 e. The van der Waals surface area contributed by atoms with Gasteiger partial charge in [0.25, 0.3) is 5.91 Å². The molecule has 2 fully saturated rings. The van der Waals surface area contributed by atoms with Crippen LogP contribution in [0.2, 0.25) is 0 Å². The van der Waals surface area contributed by atoms with Crippen LogP contribution in [0.5, 0.6) is 5.75 Å². The third-order valence-electron chi connectivity index (χ3n) is 5.90. The van der Waals surface area contributed by atoms with Crippen molar-refractivity contribution in [1.29, 1.82) is 0 Å². The molecule has 1 N–H and O–H groups in total. The molecule has 2 amide bonds. The molecule has 30 heavy (non-hydrogen) atoms. The average Bonchev–Trinajstić information content (AvgIpc) is 3.16. The molecular formula is C23H27N3O4. The Bertz CT molecular complexity index is 896. The second-order valence-electron chi connectivity index (χ2n) is 7.78. The van der Waals surface area contributed by atoms with E-state index in [1.165, 1.54) is 0 Å². The maximum Gasteiger partial charge on any atom is 0.257 e. The molecule has 7 nitrogen and oxygen atoms in total. The number of hydrogen-bond acceptors (Lipinski definition) is 5. The molecule has 0 radical (unpaired) electrons. The SMILES string of the molecule is COc1cccc(C(=O)N2[C@@H](C(=O)NCc3ccccn3)COC23CCCCC3)c1. The largest absolute Gasteiger partial charge is 0.497 e. The zero-order valence-corrected chi connectivity index (χ0v) is 17.2. The van der Waals surface area contributed by atoms with Gasteiger partial charge in [0.15, 0.2) is 0 Å². The van der Waals surface area contributed by atoms with E-state index in [2.05, 4.69) is 10.3 Å². The summed E-state index contributed by atoms with van der Waals surface area (Å²) in [6.07, 6.45) is 6.24. The number of ether oxygens (including phenoxy) is 2. The molecule has 2 aromatic rings. The number of aromatic nitrogens is 1. The number of nitrogens with zero attached hydrogens (tertiary/aromatic N) is 2. The summed E-state index contributed by atoms with van der Waals surface area (Å²) in [7, 11) is 1.57. The molecule has 0 unspecified atom stereocenters. The van der Waals surface area contributed by atoms with Crippen LogP contribution in [0.4, 0.5) is 0 Å². The number of methoxy groups -OCH3 is 1.